The first-order valence-electron chi connectivity index (χ1n) is 11.0. The van der Waals surface area contributed by atoms with Gasteiger partial charge in [0.15, 0.2) is 5.76 Å². The van der Waals surface area contributed by atoms with Gasteiger partial charge in [-0.15, -0.1) is 15.8 Å². The molecule has 1 N–H and O–H groups in total. The molecule has 0 bridgehead atoms. The van der Waals surface area contributed by atoms with E-state index in [0.717, 1.165) is 30.0 Å². The topological polar surface area (TPSA) is 61.2 Å². The highest BCUT2D eigenvalue weighted by Gasteiger charge is 2.46. The number of anilines is 1. The van der Waals surface area contributed by atoms with Crippen molar-refractivity contribution in [1.82, 2.24) is 19.4 Å². The van der Waals surface area contributed by atoms with E-state index in [0.29, 0.717) is 11.2 Å². The van der Waals surface area contributed by atoms with Crippen LogP contribution in [0, 0.1) is 0 Å². The molecule has 0 saturated heterocycles. The molecule has 2 unspecified atom stereocenters. The van der Waals surface area contributed by atoms with E-state index in [1.54, 1.807) is 30.0 Å². The summed E-state index contributed by atoms with van der Waals surface area (Å²) >= 11 is 3.57. The van der Waals surface area contributed by atoms with E-state index >= 15 is 0 Å². The van der Waals surface area contributed by atoms with Crippen molar-refractivity contribution in [3.05, 3.63) is 101 Å². The van der Waals surface area contributed by atoms with Crippen molar-refractivity contribution in [3.63, 3.8) is 0 Å². The van der Waals surface area contributed by atoms with E-state index in [1.807, 2.05) is 36.3 Å². The third kappa shape index (κ3) is 3.84. The van der Waals surface area contributed by atoms with Gasteiger partial charge in [0.05, 0.1) is 6.26 Å². The molecule has 166 valence electrons. The zero-order valence-electron chi connectivity index (χ0n) is 17.9. The number of nitrogens with zero attached hydrogens (tertiary/aromatic N) is 4. The Hall–Kier alpha value is -3.07. The zero-order chi connectivity index (χ0) is 22.0. The molecule has 33 heavy (non-hydrogen) atoms. The summed E-state index contributed by atoms with van der Waals surface area (Å²) < 4.78 is 8.32. The van der Waals surface area contributed by atoms with E-state index in [-0.39, 0.29) is 6.04 Å². The van der Waals surface area contributed by atoms with Crippen LogP contribution in [0.25, 0.3) is 11.3 Å². The maximum absolute atomic E-state index is 5.99. The number of aromatic nitrogens is 3. The smallest absolute Gasteiger partial charge is 0.245 e. The molecule has 4 aromatic heterocycles. The first kappa shape index (κ1) is 20.5. The number of aromatic amines is 1. The molecule has 0 radical (unpaired) electrons. The molecule has 6 nitrogen and oxygen atoms in total. The van der Waals surface area contributed by atoms with Crippen LogP contribution in [0.5, 0.6) is 0 Å². The second-order valence-electron chi connectivity index (χ2n) is 7.91. The third-order valence-electron chi connectivity index (χ3n) is 5.81. The molecule has 5 heterocycles. The van der Waals surface area contributed by atoms with E-state index in [9.17, 15) is 0 Å². The minimum absolute atomic E-state index is 0.0529. The summed E-state index contributed by atoms with van der Waals surface area (Å²) in [4.78, 5) is 14.0. The van der Waals surface area contributed by atoms with Crippen molar-refractivity contribution in [1.29, 1.82) is 0 Å². The van der Waals surface area contributed by atoms with Gasteiger partial charge in [0.2, 0.25) is 5.95 Å². The summed E-state index contributed by atoms with van der Waals surface area (Å²) in [6, 6.07) is 14.2. The van der Waals surface area contributed by atoms with Crippen LogP contribution in [0.4, 0.5) is 5.95 Å². The number of allylic oxidation sites excluding steroid dienone is 1. The number of hydrogen-bond acceptors (Lipinski definition) is 7. The van der Waals surface area contributed by atoms with Crippen LogP contribution in [0.15, 0.2) is 89.3 Å². The lowest BCUT2D eigenvalue weighted by atomic mass is 10.0. The first-order valence-corrected chi connectivity index (χ1v) is 12.8. The fraction of sp³-hybridized carbons (Fsp3) is 0.200. The lowest BCUT2D eigenvalue weighted by molar-refractivity contribution is 0.439. The molecule has 2 atom stereocenters. The normalized spacial score (nSPS) is 21.3. The quantitative estimate of drug-likeness (QED) is 0.253. The molecule has 1 aliphatic heterocycles. The summed E-state index contributed by atoms with van der Waals surface area (Å²) in [6.07, 6.45) is 15.4. The Kier molecular flexibility index (Phi) is 5.63. The molecule has 0 fully saturated rings. The largest absolute Gasteiger partial charge is 0.463 e. The molecule has 0 spiro atoms. The number of thiophene rings is 1. The summed E-state index contributed by atoms with van der Waals surface area (Å²) in [7, 11) is 0. The molecule has 4 aromatic rings. The third-order valence-corrected chi connectivity index (χ3v) is 7.97. The van der Waals surface area contributed by atoms with Gasteiger partial charge in [0.1, 0.15) is 11.7 Å². The maximum Gasteiger partial charge on any atom is 0.245 e. The summed E-state index contributed by atoms with van der Waals surface area (Å²) in [5.41, 5.74) is 3.27. The number of hydrogen-bond donors (Lipinski definition) is 1. The number of H-pyrrole nitrogens is 1. The van der Waals surface area contributed by atoms with Gasteiger partial charge in [-0.25, -0.2) is 15.0 Å². The van der Waals surface area contributed by atoms with Crippen LogP contribution in [0.3, 0.4) is 0 Å². The standard InChI is InChI=1S/C25H23N5OS2/c1-2-8-18(9-3-1)33-30-23(19-10-4-13-26-19)22(21-12-6-17-32-21)24(20-11-5-16-31-20)29(30)25-27-14-7-15-28-25/h2,4-8,10-18,23,26H,1,3,9H2. The fourth-order valence-electron chi connectivity index (χ4n) is 4.39. The van der Waals surface area contributed by atoms with Gasteiger partial charge in [0, 0.05) is 40.0 Å². The second kappa shape index (κ2) is 9.05. The van der Waals surface area contributed by atoms with Crippen LogP contribution < -0.4 is 5.01 Å². The van der Waals surface area contributed by atoms with Crippen molar-refractivity contribution < 1.29 is 4.42 Å². The van der Waals surface area contributed by atoms with Gasteiger partial charge < -0.3 is 9.40 Å². The van der Waals surface area contributed by atoms with Gasteiger partial charge in [-0.1, -0.05) is 18.2 Å². The van der Waals surface area contributed by atoms with E-state index < -0.39 is 0 Å². The lowest BCUT2D eigenvalue weighted by Crippen LogP contribution is -2.36. The number of furan rings is 1. The molecular weight excluding hydrogens is 450 g/mol. The second-order valence-corrected chi connectivity index (χ2v) is 10.0. The van der Waals surface area contributed by atoms with Gasteiger partial charge in [-0.05, 0) is 73.0 Å². The SMILES string of the molecule is C1=CC(SN2C(c3ccc[nH]3)C(c3cccs3)=C(c3ccco3)N2c2ncccn2)CCC1. The van der Waals surface area contributed by atoms with Crippen molar-refractivity contribution in [2.24, 2.45) is 0 Å². The highest BCUT2D eigenvalue weighted by atomic mass is 32.2. The number of nitrogens with one attached hydrogen (secondary N) is 1. The Bertz CT molecular complexity index is 1230. The van der Waals surface area contributed by atoms with Gasteiger partial charge in [0.25, 0.3) is 0 Å². The van der Waals surface area contributed by atoms with Crippen molar-refractivity contribution in [2.75, 3.05) is 5.01 Å². The van der Waals surface area contributed by atoms with E-state index in [2.05, 4.69) is 66.2 Å². The highest BCUT2D eigenvalue weighted by molar-refractivity contribution is 7.97. The van der Waals surface area contributed by atoms with Crippen LogP contribution in [0.1, 0.15) is 41.6 Å². The Morgan fingerprint density at radius 1 is 1.09 bits per heavy atom. The fourth-order valence-corrected chi connectivity index (χ4v) is 6.51. The minimum Gasteiger partial charge on any atom is -0.463 e. The van der Waals surface area contributed by atoms with E-state index in [1.165, 1.54) is 16.9 Å². The van der Waals surface area contributed by atoms with Crippen LogP contribution in [0.2, 0.25) is 0 Å². The van der Waals surface area contributed by atoms with Crippen molar-refractivity contribution in [3.8, 4) is 0 Å². The van der Waals surface area contributed by atoms with Gasteiger partial charge in [-0.2, -0.15) is 0 Å². The molecule has 8 heteroatoms. The number of rotatable bonds is 6. The maximum atomic E-state index is 5.99. The molecule has 6 rings (SSSR count). The summed E-state index contributed by atoms with van der Waals surface area (Å²) in [6.45, 7) is 0. The first-order chi connectivity index (χ1) is 16.4. The molecule has 1 aliphatic carbocycles. The summed E-state index contributed by atoms with van der Waals surface area (Å²) in [5, 5.41) is 4.63. The van der Waals surface area contributed by atoms with Crippen molar-refractivity contribution in [2.45, 2.75) is 30.6 Å². The molecular formula is C25H23N5OS2. The zero-order valence-corrected chi connectivity index (χ0v) is 19.5. The van der Waals surface area contributed by atoms with Crippen LogP contribution in [-0.4, -0.2) is 24.6 Å². The van der Waals surface area contributed by atoms with E-state index in [4.69, 9.17) is 4.42 Å². The Morgan fingerprint density at radius 3 is 2.73 bits per heavy atom. The summed E-state index contributed by atoms with van der Waals surface area (Å²) in [5.74, 6) is 1.42. The number of hydrazine groups is 1. The highest BCUT2D eigenvalue weighted by Crippen LogP contribution is 2.54. The monoisotopic (exact) mass is 473 g/mol. The Morgan fingerprint density at radius 2 is 2.03 bits per heavy atom. The van der Waals surface area contributed by atoms with Crippen LogP contribution in [-0.2, 0) is 0 Å². The molecule has 0 amide bonds. The molecule has 0 aromatic carbocycles. The predicted octanol–water partition coefficient (Wildman–Crippen LogP) is 6.56. The average molecular weight is 474 g/mol. The average Bonchev–Trinajstić information content (AvgIpc) is 3.67. The Balaban J connectivity index is 1.58. The van der Waals surface area contributed by atoms with Crippen LogP contribution >= 0.6 is 23.3 Å². The Labute approximate surface area is 200 Å². The van der Waals surface area contributed by atoms with Gasteiger partial charge in [-0.3, -0.25) is 0 Å². The predicted molar refractivity (Wildman–Crippen MR) is 134 cm³/mol. The minimum atomic E-state index is -0.0529. The molecule has 0 saturated carbocycles. The van der Waals surface area contributed by atoms with Gasteiger partial charge >= 0.3 is 0 Å². The van der Waals surface area contributed by atoms with Crippen molar-refractivity contribution >= 4 is 40.5 Å². The lowest BCUT2D eigenvalue weighted by Gasteiger charge is -2.34. The molecule has 2 aliphatic rings.